The first-order chi connectivity index (χ1) is 11.1. The van der Waals surface area contributed by atoms with Gasteiger partial charge in [-0.2, -0.15) is 0 Å². The van der Waals surface area contributed by atoms with Crippen LogP contribution < -0.4 is 5.32 Å². The van der Waals surface area contributed by atoms with Gasteiger partial charge in [-0.25, -0.2) is 4.98 Å². The summed E-state index contributed by atoms with van der Waals surface area (Å²) in [7, 11) is 0. The first kappa shape index (κ1) is 16.1. The number of aromatic nitrogens is 2. The topological polar surface area (TPSA) is 58.1 Å². The van der Waals surface area contributed by atoms with E-state index in [-0.39, 0.29) is 5.91 Å². The molecule has 0 spiro atoms. The van der Waals surface area contributed by atoms with Crippen molar-refractivity contribution in [2.24, 2.45) is 11.8 Å². The molecule has 0 radical (unpaired) electrons. The van der Waals surface area contributed by atoms with Crippen molar-refractivity contribution in [1.29, 1.82) is 0 Å². The molecule has 1 aliphatic heterocycles. The summed E-state index contributed by atoms with van der Waals surface area (Å²) < 4.78 is 0. The van der Waals surface area contributed by atoms with Crippen LogP contribution in [-0.2, 0) is 6.54 Å². The van der Waals surface area contributed by atoms with Gasteiger partial charge < -0.3 is 0 Å². The molecule has 1 amide bonds. The summed E-state index contributed by atoms with van der Waals surface area (Å²) in [4.78, 5) is 23.1. The van der Waals surface area contributed by atoms with Crippen LogP contribution in [0.25, 0.3) is 0 Å². The number of hydrogen-bond acceptors (Lipinski definition) is 5. The van der Waals surface area contributed by atoms with Crippen LogP contribution in [0.4, 0.5) is 5.13 Å². The molecule has 122 valence electrons. The number of hydrogen-bond donors (Lipinski definition) is 1. The maximum atomic E-state index is 12.1. The molecule has 3 heterocycles. The Bertz CT molecular complexity index is 648. The standard InChI is InChI=1S/C17H22N4OS/c1-12-6-13(2)9-21(8-12)10-15-11-23-17(19-15)20-16(22)14-4-3-5-18-7-14/h3-5,7,11-13H,6,8-10H2,1-2H3,(H,19,20,22)/t12-,13+. The SMILES string of the molecule is C[C@@H]1C[C@H](C)CN(Cc2csc(NC(=O)c3cccnc3)n2)C1. The summed E-state index contributed by atoms with van der Waals surface area (Å²) in [6.07, 6.45) is 4.51. The fourth-order valence-corrected chi connectivity index (χ4v) is 3.95. The minimum Gasteiger partial charge on any atom is -0.298 e. The Morgan fingerprint density at radius 3 is 2.87 bits per heavy atom. The van der Waals surface area contributed by atoms with Gasteiger partial charge in [0, 0.05) is 37.4 Å². The zero-order valence-corrected chi connectivity index (χ0v) is 14.3. The highest BCUT2D eigenvalue weighted by Gasteiger charge is 2.22. The van der Waals surface area contributed by atoms with Gasteiger partial charge >= 0.3 is 0 Å². The molecule has 0 aliphatic carbocycles. The fraction of sp³-hybridized carbons (Fsp3) is 0.471. The van der Waals surface area contributed by atoms with E-state index in [0.29, 0.717) is 10.7 Å². The molecule has 1 N–H and O–H groups in total. The largest absolute Gasteiger partial charge is 0.298 e. The van der Waals surface area contributed by atoms with Crippen molar-refractivity contribution >= 4 is 22.4 Å². The fourth-order valence-electron chi connectivity index (χ4n) is 3.25. The quantitative estimate of drug-likeness (QED) is 0.935. The lowest BCUT2D eigenvalue weighted by atomic mass is 9.92. The van der Waals surface area contributed by atoms with Gasteiger partial charge in [0.15, 0.2) is 5.13 Å². The van der Waals surface area contributed by atoms with Crippen LogP contribution in [-0.4, -0.2) is 33.9 Å². The predicted molar refractivity (Wildman–Crippen MR) is 92.5 cm³/mol. The second-order valence-corrected chi connectivity index (χ2v) is 7.34. The zero-order valence-electron chi connectivity index (χ0n) is 13.5. The first-order valence-electron chi connectivity index (χ1n) is 7.98. The van der Waals surface area contributed by atoms with E-state index < -0.39 is 0 Å². The van der Waals surface area contributed by atoms with Crippen LogP contribution >= 0.6 is 11.3 Å². The molecule has 0 aromatic carbocycles. The van der Waals surface area contributed by atoms with Gasteiger partial charge in [-0.05, 0) is 30.4 Å². The van der Waals surface area contributed by atoms with Crippen molar-refractivity contribution in [2.45, 2.75) is 26.8 Å². The second kappa shape index (κ2) is 7.19. The highest BCUT2D eigenvalue weighted by atomic mass is 32.1. The molecule has 0 bridgehead atoms. The van der Waals surface area contributed by atoms with Crippen LogP contribution in [0.5, 0.6) is 0 Å². The minimum absolute atomic E-state index is 0.167. The van der Waals surface area contributed by atoms with E-state index in [1.54, 1.807) is 24.5 Å². The summed E-state index contributed by atoms with van der Waals surface area (Å²) in [6, 6.07) is 3.49. The average molecular weight is 330 g/mol. The van der Waals surface area contributed by atoms with Crippen molar-refractivity contribution in [3.8, 4) is 0 Å². The number of pyridine rings is 1. The number of piperidine rings is 1. The second-order valence-electron chi connectivity index (χ2n) is 6.48. The Balaban J connectivity index is 1.59. The number of likely N-dealkylation sites (tertiary alicyclic amines) is 1. The molecule has 0 saturated carbocycles. The highest BCUT2D eigenvalue weighted by molar-refractivity contribution is 7.13. The third-order valence-corrected chi connectivity index (χ3v) is 4.83. The molecule has 3 rings (SSSR count). The molecule has 2 aromatic heterocycles. The van der Waals surface area contributed by atoms with Crippen molar-refractivity contribution in [2.75, 3.05) is 18.4 Å². The van der Waals surface area contributed by atoms with E-state index in [1.807, 2.05) is 5.38 Å². The number of thiazole rings is 1. The summed E-state index contributed by atoms with van der Waals surface area (Å²) >= 11 is 1.47. The van der Waals surface area contributed by atoms with Crippen LogP contribution in [0.3, 0.4) is 0 Å². The monoisotopic (exact) mass is 330 g/mol. The van der Waals surface area contributed by atoms with Gasteiger partial charge in [0.1, 0.15) is 0 Å². The summed E-state index contributed by atoms with van der Waals surface area (Å²) in [5.41, 5.74) is 1.57. The van der Waals surface area contributed by atoms with Crippen molar-refractivity contribution in [3.05, 3.63) is 41.2 Å². The number of carbonyl (C=O) groups excluding carboxylic acids is 1. The third-order valence-electron chi connectivity index (χ3n) is 4.03. The van der Waals surface area contributed by atoms with Crippen LogP contribution in [0.15, 0.2) is 29.9 Å². The number of anilines is 1. The summed E-state index contributed by atoms with van der Waals surface area (Å²) in [5.74, 6) is 1.31. The molecular formula is C17H22N4OS. The lowest BCUT2D eigenvalue weighted by Gasteiger charge is -2.34. The lowest BCUT2D eigenvalue weighted by Crippen LogP contribution is -2.38. The van der Waals surface area contributed by atoms with Crippen LogP contribution in [0.2, 0.25) is 0 Å². The average Bonchev–Trinajstić information content (AvgIpc) is 2.94. The van der Waals surface area contributed by atoms with Gasteiger partial charge in [0.05, 0.1) is 11.3 Å². The lowest BCUT2D eigenvalue weighted by molar-refractivity contribution is 0.102. The van der Waals surface area contributed by atoms with E-state index in [4.69, 9.17) is 0 Å². The Morgan fingerprint density at radius 1 is 1.39 bits per heavy atom. The van der Waals surface area contributed by atoms with Crippen LogP contribution in [0.1, 0.15) is 36.3 Å². The zero-order chi connectivity index (χ0) is 16.2. The highest BCUT2D eigenvalue weighted by Crippen LogP contribution is 2.24. The molecule has 0 unspecified atom stereocenters. The minimum atomic E-state index is -0.167. The maximum absolute atomic E-state index is 12.1. The molecule has 1 aliphatic rings. The van der Waals surface area contributed by atoms with Gasteiger partial charge in [-0.1, -0.05) is 13.8 Å². The van der Waals surface area contributed by atoms with Gasteiger partial charge in [-0.15, -0.1) is 11.3 Å². The Kier molecular flexibility index (Phi) is 5.03. The van der Waals surface area contributed by atoms with Crippen molar-refractivity contribution < 1.29 is 4.79 Å². The number of amides is 1. The van der Waals surface area contributed by atoms with E-state index in [1.165, 1.54) is 17.8 Å². The van der Waals surface area contributed by atoms with E-state index in [0.717, 1.165) is 37.2 Å². The Hall–Kier alpha value is -1.79. The number of nitrogens with zero attached hydrogens (tertiary/aromatic N) is 3. The van der Waals surface area contributed by atoms with Gasteiger partial charge in [0.2, 0.25) is 0 Å². The molecule has 2 aromatic rings. The molecule has 5 nitrogen and oxygen atoms in total. The molecule has 1 saturated heterocycles. The molecular weight excluding hydrogens is 308 g/mol. The number of rotatable bonds is 4. The number of nitrogens with one attached hydrogen (secondary N) is 1. The molecule has 1 fully saturated rings. The van der Waals surface area contributed by atoms with E-state index >= 15 is 0 Å². The maximum Gasteiger partial charge on any atom is 0.259 e. The van der Waals surface area contributed by atoms with E-state index in [9.17, 15) is 4.79 Å². The first-order valence-corrected chi connectivity index (χ1v) is 8.86. The summed E-state index contributed by atoms with van der Waals surface area (Å²) in [5, 5.41) is 5.52. The Labute approximate surface area is 140 Å². The smallest absolute Gasteiger partial charge is 0.259 e. The summed E-state index contributed by atoms with van der Waals surface area (Å²) in [6.45, 7) is 7.72. The predicted octanol–water partition coefficient (Wildman–Crippen LogP) is 3.27. The normalized spacial score (nSPS) is 22.0. The van der Waals surface area contributed by atoms with Crippen molar-refractivity contribution in [1.82, 2.24) is 14.9 Å². The van der Waals surface area contributed by atoms with Crippen molar-refractivity contribution in [3.63, 3.8) is 0 Å². The van der Waals surface area contributed by atoms with Crippen LogP contribution in [0, 0.1) is 11.8 Å². The number of carbonyl (C=O) groups is 1. The molecule has 23 heavy (non-hydrogen) atoms. The molecule has 6 heteroatoms. The third kappa shape index (κ3) is 4.36. The van der Waals surface area contributed by atoms with E-state index in [2.05, 4.69) is 34.0 Å². The van der Waals surface area contributed by atoms with Gasteiger partial charge in [-0.3, -0.25) is 20.0 Å². The van der Waals surface area contributed by atoms with Gasteiger partial charge in [0.25, 0.3) is 5.91 Å². The Morgan fingerprint density at radius 2 is 2.17 bits per heavy atom. The molecule has 2 atom stereocenters.